The Balaban J connectivity index is 1.56. The minimum Gasteiger partial charge on any atom is -0.427 e. The minimum absolute atomic E-state index is 0.133. The Hall–Kier alpha value is -1.90. The van der Waals surface area contributed by atoms with Gasteiger partial charge in [-0.1, -0.05) is 82.6 Å². The summed E-state index contributed by atoms with van der Waals surface area (Å²) in [6, 6.07) is 5.69. The minimum atomic E-state index is -0.518. The van der Waals surface area contributed by atoms with Crippen molar-refractivity contribution < 1.29 is 8.81 Å². The van der Waals surface area contributed by atoms with Crippen LogP contribution in [-0.4, -0.2) is 0 Å². The average Bonchev–Trinajstić information content (AvgIpc) is 2.79. The molecule has 0 N–H and O–H groups in total. The number of allylic oxidation sites excluding steroid dienone is 2. The molecule has 0 radical (unpaired) electrons. The van der Waals surface area contributed by atoms with E-state index in [9.17, 15) is 4.79 Å². The highest BCUT2D eigenvalue weighted by Gasteiger charge is 2.25. The lowest BCUT2D eigenvalue weighted by Gasteiger charge is -2.27. The number of aryl methyl sites for hydroxylation is 1. The van der Waals surface area contributed by atoms with Gasteiger partial charge in [-0.2, -0.15) is 0 Å². The van der Waals surface area contributed by atoms with Gasteiger partial charge < -0.3 is 4.42 Å². The molecule has 0 spiro atoms. The van der Waals surface area contributed by atoms with Crippen molar-refractivity contribution in [1.29, 1.82) is 0 Å². The van der Waals surface area contributed by atoms with Crippen molar-refractivity contribution in [1.82, 2.24) is 0 Å². The summed E-state index contributed by atoms with van der Waals surface area (Å²) in [5.41, 5.74) is 0.172. The van der Waals surface area contributed by atoms with E-state index in [1.807, 2.05) is 18.2 Å². The molecular formula is C29H41FO2. The van der Waals surface area contributed by atoms with Crippen LogP contribution in [0.5, 0.6) is 0 Å². The molecule has 1 saturated carbocycles. The van der Waals surface area contributed by atoms with Gasteiger partial charge in [-0.3, -0.25) is 0 Å². The summed E-state index contributed by atoms with van der Waals surface area (Å²) in [5, 5.41) is 0.810. The Morgan fingerprint density at radius 3 is 2.28 bits per heavy atom. The quantitative estimate of drug-likeness (QED) is 0.244. The highest BCUT2D eigenvalue weighted by Crippen LogP contribution is 2.38. The predicted molar refractivity (Wildman–Crippen MR) is 133 cm³/mol. The molecule has 1 aromatic heterocycles. The summed E-state index contributed by atoms with van der Waals surface area (Å²) in [5.74, 6) is 1.13. The molecule has 0 atom stereocenters. The van der Waals surface area contributed by atoms with Gasteiger partial charge in [0.05, 0.1) is 0 Å². The van der Waals surface area contributed by atoms with Crippen molar-refractivity contribution in [2.24, 2.45) is 5.92 Å². The van der Waals surface area contributed by atoms with Crippen LogP contribution in [0.4, 0.5) is 4.39 Å². The van der Waals surface area contributed by atoms with Crippen LogP contribution >= 0.6 is 0 Å². The lowest BCUT2D eigenvalue weighted by atomic mass is 9.78. The van der Waals surface area contributed by atoms with Crippen LogP contribution in [0.15, 0.2) is 39.6 Å². The molecule has 0 aliphatic heterocycles. The Morgan fingerprint density at radius 2 is 1.62 bits per heavy atom. The Bertz CT molecular complexity index is 919. The summed E-state index contributed by atoms with van der Waals surface area (Å²) < 4.78 is 20.8. The summed E-state index contributed by atoms with van der Waals surface area (Å²) in [6.45, 7) is 4.30. The molecule has 1 heterocycles. The number of rotatable bonds is 12. The molecule has 0 saturated heterocycles. The van der Waals surface area contributed by atoms with Gasteiger partial charge in [-0.15, -0.1) is 0 Å². The number of fused-ring (bicyclic) bond motifs is 1. The molecule has 1 fully saturated rings. The normalized spacial score (nSPS) is 19.2. The van der Waals surface area contributed by atoms with Crippen LogP contribution in [0.3, 0.4) is 0 Å². The molecule has 0 unspecified atom stereocenters. The van der Waals surface area contributed by atoms with Crippen molar-refractivity contribution in [3.05, 3.63) is 57.9 Å². The lowest BCUT2D eigenvalue weighted by molar-refractivity contribution is 0.368. The first-order valence-corrected chi connectivity index (χ1v) is 13.0. The molecular weight excluding hydrogens is 399 g/mol. The molecule has 32 heavy (non-hydrogen) atoms. The number of hydrogen-bond acceptors (Lipinski definition) is 2. The van der Waals surface area contributed by atoms with Gasteiger partial charge in [-0.05, 0) is 67.9 Å². The first-order chi connectivity index (χ1) is 15.6. The fraction of sp³-hybridized carbons (Fsp3) is 0.621. The van der Waals surface area contributed by atoms with Crippen molar-refractivity contribution >= 4 is 10.8 Å². The van der Waals surface area contributed by atoms with Crippen LogP contribution in [0.1, 0.15) is 115 Å². The third kappa shape index (κ3) is 6.80. The summed E-state index contributed by atoms with van der Waals surface area (Å²) in [7, 11) is 0. The highest BCUT2D eigenvalue weighted by molar-refractivity contribution is 5.83. The van der Waals surface area contributed by atoms with Crippen LogP contribution in [0.25, 0.3) is 10.8 Å². The van der Waals surface area contributed by atoms with E-state index in [0.29, 0.717) is 22.6 Å². The fourth-order valence-corrected chi connectivity index (χ4v) is 5.25. The maximum Gasteiger partial charge on any atom is 0.346 e. The smallest absolute Gasteiger partial charge is 0.346 e. The van der Waals surface area contributed by atoms with Gasteiger partial charge >= 0.3 is 5.63 Å². The zero-order chi connectivity index (χ0) is 22.8. The van der Waals surface area contributed by atoms with Gasteiger partial charge in [-0.25, -0.2) is 9.18 Å². The standard InChI is InChI=1S/C29H41FO2/c1-3-5-6-7-8-9-10-11-12-14-25-21-24-19-20-26(28(30)27(24)29(31)32-25)23-17-15-22(13-4-2)16-18-23/h4,13,19-23H,3,5-12,14-18H2,1-2H3/b13-4+. The molecule has 0 bridgehead atoms. The second-order valence-corrected chi connectivity index (χ2v) is 9.65. The van der Waals surface area contributed by atoms with Crippen LogP contribution in [-0.2, 0) is 6.42 Å². The molecule has 3 rings (SSSR count). The van der Waals surface area contributed by atoms with Gasteiger partial charge in [0.25, 0.3) is 0 Å². The molecule has 1 aliphatic rings. The van der Waals surface area contributed by atoms with E-state index in [0.717, 1.165) is 44.9 Å². The van der Waals surface area contributed by atoms with E-state index in [4.69, 9.17) is 4.42 Å². The largest absolute Gasteiger partial charge is 0.427 e. The van der Waals surface area contributed by atoms with Crippen molar-refractivity contribution in [3.63, 3.8) is 0 Å². The van der Waals surface area contributed by atoms with Crippen molar-refractivity contribution in [3.8, 4) is 0 Å². The maximum atomic E-state index is 15.3. The van der Waals surface area contributed by atoms with E-state index in [-0.39, 0.29) is 17.1 Å². The average molecular weight is 441 g/mol. The number of benzene rings is 1. The lowest BCUT2D eigenvalue weighted by Crippen LogP contribution is -2.14. The van der Waals surface area contributed by atoms with Gasteiger partial charge in [0.1, 0.15) is 17.0 Å². The summed E-state index contributed by atoms with van der Waals surface area (Å²) in [6.07, 6.45) is 20.6. The maximum absolute atomic E-state index is 15.3. The van der Waals surface area contributed by atoms with Gasteiger partial charge in [0.15, 0.2) is 0 Å². The van der Waals surface area contributed by atoms with Gasteiger partial charge in [0, 0.05) is 6.42 Å². The molecule has 176 valence electrons. The number of unbranched alkanes of at least 4 members (excludes halogenated alkanes) is 8. The van der Waals surface area contributed by atoms with Crippen LogP contribution in [0.2, 0.25) is 0 Å². The Kier molecular flexibility index (Phi) is 10.0. The van der Waals surface area contributed by atoms with Crippen LogP contribution in [0, 0.1) is 11.7 Å². The third-order valence-corrected chi connectivity index (χ3v) is 7.15. The molecule has 0 amide bonds. The zero-order valence-corrected chi connectivity index (χ0v) is 20.1. The van der Waals surface area contributed by atoms with Crippen LogP contribution < -0.4 is 5.63 Å². The topological polar surface area (TPSA) is 30.2 Å². The van der Waals surface area contributed by atoms with E-state index < -0.39 is 5.63 Å². The van der Waals surface area contributed by atoms with E-state index in [1.165, 1.54) is 44.9 Å². The second kappa shape index (κ2) is 13.0. The second-order valence-electron chi connectivity index (χ2n) is 9.65. The van der Waals surface area contributed by atoms with E-state index in [2.05, 4.69) is 26.0 Å². The Labute approximate surface area is 193 Å². The SMILES string of the molecule is C/C=C/C1CCC(c2ccc3cc(CCCCCCCCCCC)oc(=O)c3c2F)CC1. The Morgan fingerprint density at radius 1 is 0.969 bits per heavy atom. The summed E-state index contributed by atoms with van der Waals surface area (Å²) >= 11 is 0. The first kappa shape index (κ1) is 24.7. The van der Waals surface area contributed by atoms with E-state index in [1.54, 1.807) is 0 Å². The molecule has 1 aromatic carbocycles. The predicted octanol–water partition coefficient (Wildman–Crippen LogP) is 8.86. The molecule has 3 heteroatoms. The van der Waals surface area contributed by atoms with Crippen molar-refractivity contribution in [2.45, 2.75) is 110 Å². The molecule has 1 aliphatic carbocycles. The molecule has 2 aromatic rings. The number of halogens is 1. The zero-order valence-electron chi connectivity index (χ0n) is 20.1. The first-order valence-electron chi connectivity index (χ1n) is 13.0. The van der Waals surface area contributed by atoms with E-state index >= 15 is 4.39 Å². The highest BCUT2D eigenvalue weighted by atomic mass is 19.1. The monoisotopic (exact) mass is 440 g/mol. The fourth-order valence-electron chi connectivity index (χ4n) is 5.25. The van der Waals surface area contributed by atoms with Gasteiger partial charge in [0.2, 0.25) is 0 Å². The third-order valence-electron chi connectivity index (χ3n) is 7.15. The summed E-state index contributed by atoms with van der Waals surface area (Å²) in [4.78, 5) is 12.6. The molecule has 2 nitrogen and oxygen atoms in total. The number of hydrogen-bond donors (Lipinski definition) is 0. The van der Waals surface area contributed by atoms with Crippen molar-refractivity contribution in [2.75, 3.05) is 0 Å².